The molecule has 16 unspecified atom stereocenters. The van der Waals surface area contributed by atoms with E-state index < -0.39 is 295 Å². The number of fused-ring (bicyclic) bond motifs is 1. The number of nitrogens with zero attached hydrogens (tertiary/aromatic N) is 1. The fraction of sp³-hybridized carbons (Fsp3) is 0.808. The van der Waals surface area contributed by atoms with Gasteiger partial charge in [0.15, 0.2) is 68.3 Å². The van der Waals surface area contributed by atoms with Crippen molar-refractivity contribution in [2.45, 2.75) is 270 Å². The first-order valence-corrected chi connectivity index (χ1v) is 39.4. The van der Waals surface area contributed by atoms with Crippen molar-refractivity contribution >= 4 is 53.6 Å². The highest BCUT2D eigenvalue weighted by molar-refractivity contribution is 6.21. The zero-order valence-electron chi connectivity index (χ0n) is 72.0. The molecule has 8 aliphatic rings. The molecule has 8 heterocycles. The van der Waals surface area contributed by atoms with Gasteiger partial charge in [0.25, 0.3) is 11.8 Å². The first kappa shape index (κ1) is 99.3. The monoisotopic (exact) mass is 1760 g/mol. The van der Waals surface area contributed by atoms with Gasteiger partial charge in [-0.15, -0.1) is 0 Å². The highest BCUT2D eigenvalue weighted by atomic mass is 16.8. The summed E-state index contributed by atoms with van der Waals surface area (Å²) in [6.45, 7) is 5.67. The van der Waals surface area contributed by atoms with Crippen LogP contribution in [0.4, 0.5) is 0 Å². The number of imide groups is 1. The highest BCUT2D eigenvalue weighted by Crippen LogP contribution is 2.44. The van der Waals surface area contributed by atoms with Crippen LogP contribution >= 0.6 is 0 Å². The van der Waals surface area contributed by atoms with Crippen LogP contribution < -0.4 is 0 Å². The lowest BCUT2D eigenvalue weighted by molar-refractivity contribution is -0.401. The number of aliphatic hydroxyl groups is 1. The van der Waals surface area contributed by atoms with Crippen LogP contribution in [0.25, 0.3) is 0 Å². The lowest BCUT2D eigenvalue weighted by Crippen LogP contribution is -2.70. The quantitative estimate of drug-likeness (QED) is 0.0448. The summed E-state index contributed by atoms with van der Waals surface area (Å²) >= 11 is 0. The predicted molar refractivity (Wildman–Crippen MR) is 399 cm³/mol. The third kappa shape index (κ3) is 23.1. The summed E-state index contributed by atoms with van der Waals surface area (Å²) in [4.78, 5) is 121. The molecule has 8 aliphatic heterocycles. The molecule has 7 saturated heterocycles. The first-order valence-electron chi connectivity index (χ1n) is 39.4. The summed E-state index contributed by atoms with van der Waals surface area (Å²) in [7, 11) is 18.3. The van der Waals surface area contributed by atoms with E-state index in [1.807, 2.05) is 0 Å². The molecule has 0 aromatic heterocycles. The van der Waals surface area contributed by atoms with E-state index in [-0.39, 0.29) is 30.9 Å². The normalized spacial score (nSPS) is 38.5. The van der Waals surface area contributed by atoms with Gasteiger partial charge in [-0.2, -0.15) is 0 Å². The largest absolute Gasteiger partial charge is 0.463 e. The fourth-order valence-corrected chi connectivity index (χ4v) is 16.7. The van der Waals surface area contributed by atoms with Gasteiger partial charge in [0.1, 0.15) is 154 Å². The molecule has 0 aliphatic carbocycles. The lowest BCUT2D eigenvalue weighted by atomic mass is 9.94. The van der Waals surface area contributed by atoms with Crippen molar-refractivity contribution in [3.8, 4) is 0 Å². The van der Waals surface area contributed by atoms with Crippen LogP contribution in [0.5, 0.6) is 0 Å². The molecule has 9 rings (SSSR count). The number of esters is 7. The van der Waals surface area contributed by atoms with Crippen LogP contribution in [0.1, 0.15) is 76.1 Å². The third-order valence-corrected chi connectivity index (χ3v) is 21.7. The Morgan fingerprint density at radius 1 is 0.295 bits per heavy atom. The molecule has 0 saturated carbocycles. The number of aliphatic hydroxyl groups excluding tert-OH is 1. The number of amides is 2. The van der Waals surface area contributed by atoms with Crippen LogP contribution in [-0.2, 0) is 190 Å². The van der Waals surface area contributed by atoms with Gasteiger partial charge in [-0.3, -0.25) is 48.1 Å². The van der Waals surface area contributed by atoms with Crippen LogP contribution in [-0.4, -0.2) is 417 Å². The Kier molecular flexibility index (Phi) is 37.7. The molecule has 44 heteroatoms. The van der Waals surface area contributed by atoms with E-state index >= 15 is 0 Å². The van der Waals surface area contributed by atoms with Gasteiger partial charge in [0.2, 0.25) is 0 Å². The molecular weight excluding hydrogens is 1640 g/mol. The van der Waals surface area contributed by atoms with Gasteiger partial charge >= 0.3 is 41.8 Å². The Labute approximate surface area is 704 Å². The molecule has 692 valence electrons. The smallest absolute Gasteiger partial charge is 0.303 e. The maximum absolute atomic E-state index is 14.6. The van der Waals surface area contributed by atoms with E-state index in [1.54, 1.807) is 19.1 Å². The van der Waals surface area contributed by atoms with Gasteiger partial charge < -0.3 is 161 Å². The maximum Gasteiger partial charge on any atom is 0.303 e. The zero-order valence-corrected chi connectivity index (χ0v) is 72.0. The van der Waals surface area contributed by atoms with Crippen LogP contribution in [0, 0.1) is 0 Å². The summed E-state index contributed by atoms with van der Waals surface area (Å²) < 4.78 is 206. The number of carbonyl (C=O) groups is 9. The summed E-state index contributed by atoms with van der Waals surface area (Å²) in [5.41, 5.74) is 0.0561. The Balaban J connectivity index is 1.04. The molecule has 1 aromatic carbocycles. The first-order chi connectivity index (χ1) is 58.4. The topological polar surface area (TPSA) is 482 Å². The van der Waals surface area contributed by atoms with Crippen molar-refractivity contribution < 1.29 is 205 Å². The van der Waals surface area contributed by atoms with E-state index in [0.29, 0.717) is 0 Å². The maximum atomic E-state index is 14.6. The molecule has 44 nitrogen and oxygen atoms in total. The Morgan fingerprint density at radius 2 is 0.541 bits per heavy atom. The molecular formula is C78H117NO43. The van der Waals surface area contributed by atoms with Crippen molar-refractivity contribution in [2.24, 2.45) is 0 Å². The van der Waals surface area contributed by atoms with E-state index in [0.717, 1.165) is 53.4 Å². The molecule has 0 bridgehead atoms. The number of hydrogen-bond acceptors (Lipinski definition) is 43. The van der Waals surface area contributed by atoms with Crippen LogP contribution in [0.15, 0.2) is 24.3 Å². The third-order valence-electron chi connectivity index (χ3n) is 21.7. The number of methoxy groups -OCH3 is 13. The standard InChI is InChI=1S/C78H117NO43/c1-33-50(93-12)58(94-13)52(44(27-80)105-33)118-74-66(100-19)61(97-16)54(46(112-74)29-91-10)120-76-68(102-21)62(98-17)55(47(114-76)30-92-11)121-75-67(101-20)60(96-15)53(45(113-75)28-90-9)119-73-65(99-18)59(95-14)51(43(111-73)26-79-71(88)41-24-22-23-25-42(41)72(79)89)117-77-70(110-40(8)87)64(108-38(6)85)57(49(116-77)32-104-35(3)82)122-78-69(109-39(7)86)63(107-37(5)84)56(106-36(4)83)48(115-78)31-103-34(2)81/h22-25,33,43-70,73-78,80H,26-32H2,1-21H3/t33-,43?,44?,45?,46-,47-,48?,49?,50?,51+,52+,53+,54+,55+,56+,57+,58-,59+,60-,61?,62?,63?,64?,65?,66?,67?,68?,69?,70?,73-,74-,75-,76+,77-,78+/m0/s1. The summed E-state index contributed by atoms with van der Waals surface area (Å²) in [5.74, 6) is -8.40. The van der Waals surface area contributed by atoms with E-state index in [4.69, 9.17) is 156 Å². The highest BCUT2D eigenvalue weighted by Gasteiger charge is 2.63. The van der Waals surface area contributed by atoms with Crippen molar-refractivity contribution in [1.82, 2.24) is 4.90 Å². The van der Waals surface area contributed by atoms with Crippen LogP contribution in [0.3, 0.4) is 0 Å². The molecule has 2 amide bonds. The van der Waals surface area contributed by atoms with Crippen molar-refractivity contribution in [3.05, 3.63) is 35.4 Å². The van der Waals surface area contributed by atoms with E-state index in [2.05, 4.69) is 0 Å². The SMILES string of the molecule is COCC1O[C@@H](O[C@H]2C(OC)C(OC)[C@@H](O[C@H]3C(OC)C(OC)[C@H](O[C@@H]4C(CO)O[C@@H](C)C(OC)[C@@H]4OC)O[C@H]3COC)O[C@H]2COC)C(OC)[C@@H](OC)[C@@H]1O[C@@H]1OC(CN2C(=O)c3ccccc3C2=O)[C@@H](O[C@@H]2OC(COC(C)=O)[C@@H](O[C@H]3OC(COC(C)=O)[C@@H](OC(C)=O)C(OC(C)=O)C3OC(C)=O)C(OC(C)=O)C2OC(C)=O)[C@@H](OC)C1OC. The Bertz CT molecular complexity index is 3530. The second-order valence-electron chi connectivity index (χ2n) is 29.5. The number of hydrogen-bond donors (Lipinski definition) is 1. The molecule has 7 fully saturated rings. The lowest BCUT2D eigenvalue weighted by Gasteiger charge is -2.52. The second-order valence-corrected chi connectivity index (χ2v) is 29.5. The zero-order chi connectivity index (χ0) is 89.2. The van der Waals surface area contributed by atoms with Gasteiger partial charge in [0.05, 0.1) is 50.2 Å². The molecule has 1 N–H and O–H groups in total. The van der Waals surface area contributed by atoms with Crippen LogP contribution in [0.2, 0.25) is 0 Å². The second kappa shape index (κ2) is 46.3. The van der Waals surface area contributed by atoms with Gasteiger partial charge in [0, 0.05) is 141 Å². The average Bonchev–Trinajstić information content (AvgIpc) is 1.10. The summed E-state index contributed by atoms with van der Waals surface area (Å²) in [6, 6.07) is 6.02. The van der Waals surface area contributed by atoms with E-state index in [9.17, 15) is 48.3 Å². The van der Waals surface area contributed by atoms with E-state index in [1.165, 1.54) is 105 Å². The predicted octanol–water partition coefficient (Wildman–Crippen LogP) is -1.40. The minimum absolute atomic E-state index is 0.0281. The summed E-state index contributed by atoms with van der Waals surface area (Å²) in [5, 5.41) is 10.6. The Hall–Kier alpha value is -6.43. The van der Waals surface area contributed by atoms with Crippen molar-refractivity contribution in [1.29, 1.82) is 0 Å². The van der Waals surface area contributed by atoms with Crippen molar-refractivity contribution in [2.75, 3.05) is 139 Å². The number of ether oxygens (including phenoxy) is 33. The minimum atomic E-state index is -2.06. The molecule has 122 heavy (non-hydrogen) atoms. The fourth-order valence-electron chi connectivity index (χ4n) is 16.7. The average molecular weight is 1760 g/mol. The number of carbonyl (C=O) groups excluding carboxylic acids is 9. The molecule has 35 atom stereocenters. The molecule has 0 spiro atoms. The molecule has 0 radical (unpaired) electrons. The number of benzene rings is 1. The Morgan fingerprint density at radius 3 is 0.836 bits per heavy atom. The number of rotatable bonds is 40. The van der Waals surface area contributed by atoms with Gasteiger partial charge in [-0.25, -0.2) is 0 Å². The summed E-state index contributed by atoms with van der Waals surface area (Å²) in [6.07, 6.45) is -48.0. The van der Waals surface area contributed by atoms with Gasteiger partial charge in [-0.05, 0) is 19.1 Å². The molecule has 1 aromatic rings. The van der Waals surface area contributed by atoms with Gasteiger partial charge in [-0.1, -0.05) is 12.1 Å². The minimum Gasteiger partial charge on any atom is -0.463 e. The van der Waals surface area contributed by atoms with Crippen molar-refractivity contribution in [3.63, 3.8) is 0 Å².